The van der Waals surface area contributed by atoms with Crippen molar-refractivity contribution in [2.45, 2.75) is 39.5 Å². The summed E-state index contributed by atoms with van der Waals surface area (Å²) in [6.45, 7) is 8.42. The van der Waals surface area contributed by atoms with Gasteiger partial charge >= 0.3 is 0 Å². The lowest BCUT2D eigenvalue weighted by atomic mass is 9.98. The molecule has 6 rings (SSSR count). The Balaban J connectivity index is 1.49. The van der Waals surface area contributed by atoms with Crippen molar-refractivity contribution in [1.82, 2.24) is 19.9 Å². The van der Waals surface area contributed by atoms with Gasteiger partial charge in [0.15, 0.2) is 0 Å². The average molecular weight is 469 g/mol. The number of nitrogens with zero attached hydrogens (tertiary/aromatic N) is 2. The van der Waals surface area contributed by atoms with E-state index in [4.69, 9.17) is 4.98 Å². The molecule has 0 saturated carbocycles. The number of H-pyrrole nitrogens is 2. The molecular formula is C28H25FN4S. The van der Waals surface area contributed by atoms with Crippen LogP contribution >= 0.6 is 11.3 Å². The van der Waals surface area contributed by atoms with Crippen LogP contribution in [-0.4, -0.2) is 19.9 Å². The van der Waals surface area contributed by atoms with E-state index < -0.39 is 0 Å². The van der Waals surface area contributed by atoms with Crippen molar-refractivity contribution in [1.29, 1.82) is 0 Å². The van der Waals surface area contributed by atoms with Crippen LogP contribution in [0.3, 0.4) is 0 Å². The van der Waals surface area contributed by atoms with E-state index in [1.807, 2.05) is 12.1 Å². The van der Waals surface area contributed by atoms with Gasteiger partial charge < -0.3 is 9.97 Å². The summed E-state index contributed by atoms with van der Waals surface area (Å²) in [6, 6.07) is 13.9. The molecule has 0 aliphatic heterocycles. The van der Waals surface area contributed by atoms with Crippen LogP contribution in [0.1, 0.15) is 51.2 Å². The summed E-state index contributed by atoms with van der Waals surface area (Å²) in [4.78, 5) is 16.1. The fourth-order valence-corrected chi connectivity index (χ4v) is 5.50. The van der Waals surface area contributed by atoms with Crippen LogP contribution in [0.25, 0.3) is 54.3 Å². The van der Waals surface area contributed by atoms with E-state index in [1.165, 1.54) is 4.70 Å². The molecule has 0 spiro atoms. The zero-order chi connectivity index (χ0) is 23.6. The molecule has 4 nitrogen and oxygen atoms in total. The van der Waals surface area contributed by atoms with Crippen LogP contribution in [0.2, 0.25) is 0 Å². The predicted molar refractivity (Wildman–Crippen MR) is 140 cm³/mol. The molecule has 34 heavy (non-hydrogen) atoms. The topological polar surface area (TPSA) is 57.4 Å². The largest absolute Gasteiger partial charge is 0.342 e. The van der Waals surface area contributed by atoms with Crippen molar-refractivity contribution < 1.29 is 4.39 Å². The number of imidazole rings is 2. The minimum Gasteiger partial charge on any atom is -0.342 e. The molecule has 170 valence electrons. The summed E-state index contributed by atoms with van der Waals surface area (Å²) in [5.74, 6) is 2.18. The standard InChI is InChI=1S/C28H25FN4S/c1-14(2)27-30-13-23(31-27)19-8-6-17(12-22(19)29)16-5-7-18-21(11-16)26-20(9-10-34-26)25-24(18)32-28(33-25)15(3)4/h5-15H,1-4H3,(H,30,31)(H,32,33). The highest BCUT2D eigenvalue weighted by Crippen LogP contribution is 2.39. The van der Waals surface area contributed by atoms with E-state index in [0.717, 1.165) is 50.0 Å². The lowest BCUT2D eigenvalue weighted by molar-refractivity contribution is 0.631. The number of aromatic amines is 2. The first-order chi connectivity index (χ1) is 16.4. The van der Waals surface area contributed by atoms with Crippen molar-refractivity contribution >= 4 is 43.2 Å². The average Bonchev–Trinajstić information content (AvgIpc) is 3.57. The highest BCUT2D eigenvalue weighted by Gasteiger charge is 2.17. The lowest BCUT2D eigenvalue weighted by Crippen LogP contribution is -1.91. The van der Waals surface area contributed by atoms with Gasteiger partial charge in [0.25, 0.3) is 0 Å². The van der Waals surface area contributed by atoms with Crippen LogP contribution in [0.5, 0.6) is 0 Å². The van der Waals surface area contributed by atoms with Gasteiger partial charge in [-0.2, -0.15) is 0 Å². The first-order valence-corrected chi connectivity index (χ1v) is 12.5. The Bertz CT molecular complexity index is 1690. The van der Waals surface area contributed by atoms with Crippen molar-refractivity contribution in [3.05, 3.63) is 71.5 Å². The monoisotopic (exact) mass is 468 g/mol. The predicted octanol–water partition coefficient (Wildman–Crippen LogP) is 8.37. The SMILES string of the molecule is CC(C)c1ncc(-c2ccc(-c3ccc4c(c3)c3sccc3c3nc(C(C)C)[nH]c43)cc2F)[nH]1. The molecule has 0 atom stereocenters. The third-order valence-electron chi connectivity index (χ3n) is 6.46. The van der Waals surface area contributed by atoms with E-state index >= 15 is 4.39 Å². The Labute approximate surface area is 200 Å². The summed E-state index contributed by atoms with van der Waals surface area (Å²) in [5.41, 5.74) is 5.17. The number of thiophene rings is 1. The normalized spacial score (nSPS) is 12.2. The number of hydrogen-bond acceptors (Lipinski definition) is 3. The summed E-state index contributed by atoms with van der Waals surface area (Å²) < 4.78 is 16.4. The molecule has 2 N–H and O–H groups in total. The zero-order valence-electron chi connectivity index (χ0n) is 19.5. The Morgan fingerprint density at radius 2 is 1.59 bits per heavy atom. The van der Waals surface area contributed by atoms with Gasteiger partial charge in [0.1, 0.15) is 17.5 Å². The smallest absolute Gasteiger partial charge is 0.133 e. The molecule has 3 aromatic carbocycles. The van der Waals surface area contributed by atoms with E-state index in [-0.39, 0.29) is 11.7 Å². The first kappa shape index (κ1) is 21.1. The van der Waals surface area contributed by atoms with Crippen molar-refractivity contribution in [3.8, 4) is 22.4 Å². The second-order valence-electron chi connectivity index (χ2n) is 9.46. The quantitative estimate of drug-likeness (QED) is 0.273. The molecule has 0 saturated heterocycles. The summed E-state index contributed by atoms with van der Waals surface area (Å²) in [7, 11) is 0. The molecule has 6 heteroatoms. The van der Waals surface area contributed by atoms with Crippen LogP contribution < -0.4 is 0 Å². The third kappa shape index (κ3) is 3.24. The second kappa shape index (κ2) is 7.77. The molecule has 0 radical (unpaired) electrons. The molecule has 3 aromatic heterocycles. The Morgan fingerprint density at radius 1 is 0.824 bits per heavy atom. The first-order valence-electron chi connectivity index (χ1n) is 11.6. The molecule has 0 aliphatic carbocycles. The van der Waals surface area contributed by atoms with Gasteiger partial charge in [-0.05, 0) is 40.8 Å². The fourth-order valence-electron chi connectivity index (χ4n) is 4.57. The van der Waals surface area contributed by atoms with Gasteiger partial charge in [-0.15, -0.1) is 11.3 Å². The maximum atomic E-state index is 15.2. The molecule has 0 aliphatic rings. The van der Waals surface area contributed by atoms with Gasteiger partial charge in [0.05, 0.1) is 22.9 Å². The van der Waals surface area contributed by atoms with E-state index in [9.17, 15) is 0 Å². The Kier molecular flexibility index (Phi) is 4.81. The van der Waals surface area contributed by atoms with Crippen LogP contribution in [0.4, 0.5) is 4.39 Å². The number of benzene rings is 3. The highest BCUT2D eigenvalue weighted by molar-refractivity contribution is 7.18. The number of aromatic nitrogens is 4. The van der Waals surface area contributed by atoms with Gasteiger partial charge in [-0.1, -0.05) is 45.9 Å². The van der Waals surface area contributed by atoms with E-state index in [2.05, 4.69) is 72.3 Å². The zero-order valence-corrected chi connectivity index (χ0v) is 20.3. The van der Waals surface area contributed by atoms with E-state index in [0.29, 0.717) is 17.2 Å². The molecule has 0 amide bonds. The number of nitrogens with one attached hydrogen (secondary N) is 2. The number of hydrogen-bond donors (Lipinski definition) is 2. The Morgan fingerprint density at radius 3 is 2.32 bits per heavy atom. The fraction of sp³-hybridized carbons (Fsp3) is 0.214. The number of fused-ring (bicyclic) bond motifs is 6. The molecule has 0 fully saturated rings. The van der Waals surface area contributed by atoms with Crippen LogP contribution in [0, 0.1) is 5.82 Å². The highest BCUT2D eigenvalue weighted by atomic mass is 32.1. The number of halogens is 1. The van der Waals surface area contributed by atoms with Gasteiger partial charge in [0.2, 0.25) is 0 Å². The Hall–Kier alpha value is -3.51. The number of rotatable bonds is 4. The van der Waals surface area contributed by atoms with Gasteiger partial charge in [-0.3, -0.25) is 0 Å². The molecule has 3 heterocycles. The molecule has 0 unspecified atom stereocenters. The maximum Gasteiger partial charge on any atom is 0.133 e. The second-order valence-corrected chi connectivity index (χ2v) is 10.4. The molecular weight excluding hydrogens is 443 g/mol. The van der Waals surface area contributed by atoms with Crippen LogP contribution in [-0.2, 0) is 0 Å². The lowest BCUT2D eigenvalue weighted by Gasteiger charge is -2.09. The van der Waals surface area contributed by atoms with Crippen LogP contribution in [0.15, 0.2) is 54.0 Å². The maximum absolute atomic E-state index is 15.2. The molecule has 0 bridgehead atoms. The summed E-state index contributed by atoms with van der Waals surface area (Å²) >= 11 is 1.72. The summed E-state index contributed by atoms with van der Waals surface area (Å²) in [6.07, 6.45) is 1.71. The minimum absolute atomic E-state index is 0.261. The third-order valence-corrected chi connectivity index (χ3v) is 7.41. The van der Waals surface area contributed by atoms with Gasteiger partial charge in [-0.25, -0.2) is 14.4 Å². The van der Waals surface area contributed by atoms with Crippen molar-refractivity contribution in [2.24, 2.45) is 0 Å². The minimum atomic E-state index is -0.261. The summed E-state index contributed by atoms with van der Waals surface area (Å²) in [5, 5.41) is 5.58. The van der Waals surface area contributed by atoms with Crippen molar-refractivity contribution in [2.75, 3.05) is 0 Å². The van der Waals surface area contributed by atoms with Gasteiger partial charge in [0, 0.05) is 38.3 Å². The van der Waals surface area contributed by atoms with Crippen molar-refractivity contribution in [3.63, 3.8) is 0 Å². The molecule has 6 aromatic rings. The van der Waals surface area contributed by atoms with E-state index in [1.54, 1.807) is 23.6 Å².